The molecule has 1 radical (unpaired) electrons. The van der Waals surface area contributed by atoms with E-state index >= 15 is 0 Å². The summed E-state index contributed by atoms with van der Waals surface area (Å²) in [7, 11) is 4.07. The molecule has 0 heterocycles. The lowest BCUT2D eigenvalue weighted by Crippen LogP contribution is -2.07. The quantitative estimate of drug-likeness (QED) is 0.698. The normalized spacial score (nSPS) is 8.94. The van der Waals surface area contributed by atoms with Crippen LogP contribution in [0.4, 0.5) is 5.69 Å². The first kappa shape index (κ1) is 12.3. The number of anilines is 1. The van der Waals surface area contributed by atoms with Crippen molar-refractivity contribution < 1.29 is 0 Å². The van der Waals surface area contributed by atoms with Crippen molar-refractivity contribution in [2.45, 2.75) is 0 Å². The molecule has 0 fully saturated rings. The first-order valence-corrected chi connectivity index (χ1v) is 5.29. The molecule has 2 rings (SSSR count). The molecule has 0 saturated heterocycles. The van der Waals surface area contributed by atoms with Crippen molar-refractivity contribution in [2.24, 2.45) is 0 Å². The van der Waals surface area contributed by atoms with Gasteiger partial charge in [-0.2, -0.15) is 0 Å². The van der Waals surface area contributed by atoms with E-state index in [4.69, 9.17) is 0 Å². The fraction of sp³-hybridized carbons (Fsp3) is 0.133. The van der Waals surface area contributed by atoms with Gasteiger partial charge in [0.25, 0.3) is 0 Å². The SMILES string of the molecule is CN(C)c1ccccc1.[CH2]c1ccccc1. The van der Waals surface area contributed by atoms with E-state index in [9.17, 15) is 0 Å². The molecule has 0 amide bonds. The Kier molecular flexibility index (Phi) is 5.13. The van der Waals surface area contributed by atoms with E-state index in [-0.39, 0.29) is 0 Å². The third kappa shape index (κ3) is 4.65. The maximum absolute atomic E-state index is 3.72. The molecule has 83 valence electrons. The van der Waals surface area contributed by atoms with Crippen LogP contribution in [0.3, 0.4) is 0 Å². The van der Waals surface area contributed by atoms with Gasteiger partial charge in [-0.1, -0.05) is 48.5 Å². The molecule has 0 unspecified atom stereocenters. The Hall–Kier alpha value is -1.76. The maximum atomic E-state index is 3.72. The third-order valence-electron chi connectivity index (χ3n) is 2.12. The van der Waals surface area contributed by atoms with Crippen LogP contribution in [0.5, 0.6) is 0 Å². The second kappa shape index (κ2) is 6.67. The fourth-order valence-corrected chi connectivity index (χ4v) is 1.20. The van der Waals surface area contributed by atoms with Crippen LogP contribution in [0, 0.1) is 6.92 Å². The lowest BCUT2D eigenvalue weighted by Gasteiger charge is -2.10. The average molecular weight is 212 g/mol. The van der Waals surface area contributed by atoms with Gasteiger partial charge in [0.15, 0.2) is 0 Å². The Morgan fingerprint density at radius 1 is 0.750 bits per heavy atom. The molecule has 0 aliphatic rings. The second-order valence-electron chi connectivity index (χ2n) is 3.72. The lowest BCUT2D eigenvalue weighted by molar-refractivity contribution is 1.13. The molecular formula is C15H18N. The molecule has 16 heavy (non-hydrogen) atoms. The summed E-state index contributed by atoms with van der Waals surface area (Å²) in [5.74, 6) is 0. The minimum absolute atomic E-state index is 1.07. The highest BCUT2D eigenvalue weighted by Gasteiger charge is 1.87. The molecule has 0 aliphatic heterocycles. The largest absolute Gasteiger partial charge is 0.378 e. The van der Waals surface area contributed by atoms with Gasteiger partial charge in [0, 0.05) is 19.8 Å². The standard InChI is InChI=1S/C8H11N.C7H7/c1-9(2)8-6-4-3-5-7-8;1-7-5-3-2-4-6-7/h3-7H,1-2H3;2-6H,1H2. The van der Waals surface area contributed by atoms with Crippen molar-refractivity contribution in [1.82, 2.24) is 0 Å². The van der Waals surface area contributed by atoms with Crippen molar-refractivity contribution in [3.05, 3.63) is 73.2 Å². The summed E-state index contributed by atoms with van der Waals surface area (Å²) in [5.41, 5.74) is 2.32. The number of benzene rings is 2. The van der Waals surface area contributed by atoms with Crippen LogP contribution in [-0.4, -0.2) is 14.1 Å². The molecule has 2 aromatic carbocycles. The summed E-state index contributed by atoms with van der Waals surface area (Å²) < 4.78 is 0. The Morgan fingerprint density at radius 2 is 1.19 bits per heavy atom. The zero-order valence-electron chi connectivity index (χ0n) is 9.93. The van der Waals surface area contributed by atoms with Gasteiger partial charge in [-0.15, -0.1) is 0 Å². The highest BCUT2D eigenvalue weighted by molar-refractivity contribution is 5.43. The lowest BCUT2D eigenvalue weighted by atomic mass is 10.2. The molecule has 2 aromatic rings. The number of hydrogen-bond donors (Lipinski definition) is 0. The second-order valence-corrected chi connectivity index (χ2v) is 3.72. The van der Waals surface area contributed by atoms with Crippen LogP contribution in [0.25, 0.3) is 0 Å². The topological polar surface area (TPSA) is 3.24 Å². The van der Waals surface area contributed by atoms with Crippen molar-refractivity contribution in [2.75, 3.05) is 19.0 Å². The summed E-state index contributed by atoms with van der Waals surface area (Å²) in [4.78, 5) is 2.08. The van der Waals surface area contributed by atoms with Gasteiger partial charge in [0.1, 0.15) is 0 Å². The summed E-state index contributed by atoms with van der Waals surface area (Å²) in [6.07, 6.45) is 0. The van der Waals surface area contributed by atoms with Gasteiger partial charge < -0.3 is 4.90 Å². The molecule has 0 spiro atoms. The zero-order chi connectivity index (χ0) is 11.8. The number of hydrogen-bond acceptors (Lipinski definition) is 1. The van der Waals surface area contributed by atoms with Crippen molar-refractivity contribution >= 4 is 5.69 Å². The molecule has 0 bridgehead atoms. The van der Waals surface area contributed by atoms with Gasteiger partial charge in [0.2, 0.25) is 0 Å². The molecule has 0 atom stereocenters. The van der Waals surface area contributed by atoms with Crippen molar-refractivity contribution in [3.63, 3.8) is 0 Å². The molecule has 1 heteroatoms. The minimum atomic E-state index is 1.07. The minimum Gasteiger partial charge on any atom is -0.378 e. The predicted octanol–water partition coefficient (Wildman–Crippen LogP) is 3.62. The summed E-state index contributed by atoms with van der Waals surface area (Å²) in [6, 6.07) is 20.1. The zero-order valence-corrected chi connectivity index (χ0v) is 9.93. The number of nitrogens with zero attached hydrogens (tertiary/aromatic N) is 1. The Balaban J connectivity index is 0.000000165. The van der Waals surface area contributed by atoms with Crippen LogP contribution in [0.2, 0.25) is 0 Å². The summed E-state index contributed by atoms with van der Waals surface area (Å²) >= 11 is 0. The average Bonchev–Trinajstić information content (AvgIpc) is 2.32. The van der Waals surface area contributed by atoms with Crippen molar-refractivity contribution in [3.8, 4) is 0 Å². The fourth-order valence-electron chi connectivity index (χ4n) is 1.20. The number of rotatable bonds is 1. The van der Waals surface area contributed by atoms with Gasteiger partial charge in [0.05, 0.1) is 0 Å². The van der Waals surface area contributed by atoms with Gasteiger partial charge in [-0.05, 0) is 24.6 Å². The van der Waals surface area contributed by atoms with Gasteiger partial charge in [-0.3, -0.25) is 0 Å². The van der Waals surface area contributed by atoms with Crippen molar-refractivity contribution in [1.29, 1.82) is 0 Å². The monoisotopic (exact) mass is 212 g/mol. The first-order valence-electron chi connectivity index (χ1n) is 5.29. The van der Waals surface area contributed by atoms with E-state index in [2.05, 4.69) is 24.0 Å². The van der Waals surface area contributed by atoms with Crippen LogP contribution in [0.1, 0.15) is 5.56 Å². The van der Waals surface area contributed by atoms with Crippen LogP contribution >= 0.6 is 0 Å². The molecule has 0 aromatic heterocycles. The van der Waals surface area contributed by atoms with E-state index in [1.165, 1.54) is 5.69 Å². The third-order valence-corrected chi connectivity index (χ3v) is 2.12. The molecule has 0 N–H and O–H groups in total. The van der Waals surface area contributed by atoms with Gasteiger partial charge >= 0.3 is 0 Å². The Labute approximate surface area is 98.3 Å². The Bertz CT molecular complexity index is 379. The molecular weight excluding hydrogens is 194 g/mol. The van der Waals surface area contributed by atoms with E-state index in [0.29, 0.717) is 0 Å². The van der Waals surface area contributed by atoms with Crippen LogP contribution in [0.15, 0.2) is 60.7 Å². The molecule has 0 aliphatic carbocycles. The summed E-state index contributed by atoms with van der Waals surface area (Å²) in [6.45, 7) is 3.72. The molecule has 0 saturated carbocycles. The summed E-state index contributed by atoms with van der Waals surface area (Å²) in [5, 5.41) is 0. The smallest absolute Gasteiger partial charge is 0.0360 e. The number of para-hydroxylation sites is 1. The predicted molar refractivity (Wildman–Crippen MR) is 71.7 cm³/mol. The van der Waals surface area contributed by atoms with E-state index in [1.807, 2.05) is 62.6 Å². The van der Waals surface area contributed by atoms with E-state index < -0.39 is 0 Å². The highest BCUT2D eigenvalue weighted by atomic mass is 15.1. The van der Waals surface area contributed by atoms with Crippen LogP contribution in [-0.2, 0) is 0 Å². The first-order chi connectivity index (χ1) is 7.70. The van der Waals surface area contributed by atoms with Crippen LogP contribution < -0.4 is 4.90 Å². The molecule has 1 nitrogen and oxygen atoms in total. The van der Waals surface area contributed by atoms with Gasteiger partial charge in [-0.25, -0.2) is 0 Å². The van der Waals surface area contributed by atoms with E-state index in [0.717, 1.165) is 5.56 Å². The Morgan fingerprint density at radius 3 is 1.44 bits per heavy atom. The maximum Gasteiger partial charge on any atom is 0.0360 e. The highest BCUT2D eigenvalue weighted by Crippen LogP contribution is 2.07. The van der Waals surface area contributed by atoms with E-state index in [1.54, 1.807) is 0 Å².